The van der Waals surface area contributed by atoms with Crippen LogP contribution in [0.5, 0.6) is 5.75 Å². The third-order valence-corrected chi connectivity index (χ3v) is 3.48. The van der Waals surface area contributed by atoms with Crippen molar-refractivity contribution in [3.63, 3.8) is 0 Å². The molecule has 0 aliphatic rings. The molecule has 0 bridgehead atoms. The number of aromatic hydroxyl groups is 1. The molecule has 8 heteroatoms. The van der Waals surface area contributed by atoms with Crippen LogP contribution in [-0.4, -0.2) is 41.6 Å². The van der Waals surface area contributed by atoms with Gasteiger partial charge in [-0.25, -0.2) is 0 Å². The Morgan fingerprint density at radius 3 is 2.80 bits per heavy atom. The molecule has 1 aromatic carbocycles. The normalized spacial score (nSPS) is 12.4. The van der Waals surface area contributed by atoms with Crippen LogP contribution < -0.4 is 16.1 Å². The highest BCUT2D eigenvalue weighted by molar-refractivity contribution is 7.80. The maximum absolute atomic E-state index is 11.7. The first kappa shape index (κ1) is 20.9. The Labute approximate surface area is 153 Å². The van der Waals surface area contributed by atoms with E-state index in [1.54, 1.807) is 26.2 Å². The number of methoxy groups -OCH3 is 1. The van der Waals surface area contributed by atoms with Crippen LogP contribution in [0.1, 0.15) is 39.2 Å². The molecule has 1 atom stereocenters. The molecular weight excluding hydrogens is 340 g/mol. The van der Waals surface area contributed by atoms with E-state index in [1.165, 1.54) is 6.07 Å². The van der Waals surface area contributed by atoms with Crippen LogP contribution in [0.2, 0.25) is 0 Å². The van der Waals surface area contributed by atoms with E-state index >= 15 is 0 Å². The first-order valence-electron chi connectivity index (χ1n) is 8.10. The van der Waals surface area contributed by atoms with E-state index in [4.69, 9.17) is 17.0 Å². The first-order chi connectivity index (χ1) is 11.9. The average Bonchev–Trinajstić information content (AvgIpc) is 2.54. The van der Waals surface area contributed by atoms with E-state index in [0.717, 1.165) is 6.42 Å². The van der Waals surface area contributed by atoms with Gasteiger partial charge in [-0.2, -0.15) is 5.10 Å². The molecule has 0 spiro atoms. The summed E-state index contributed by atoms with van der Waals surface area (Å²) in [4.78, 5) is 11.7. The number of ether oxygens (including phenoxy) is 1. The molecule has 0 saturated carbocycles. The van der Waals surface area contributed by atoms with Gasteiger partial charge >= 0.3 is 0 Å². The van der Waals surface area contributed by atoms with Crippen LogP contribution in [0.4, 0.5) is 5.69 Å². The number of thiocarbonyl (C=S) groups is 1. The van der Waals surface area contributed by atoms with E-state index in [0.29, 0.717) is 35.1 Å². The second kappa shape index (κ2) is 10.6. The molecule has 4 N–H and O–H groups in total. The number of hydrogen-bond acceptors (Lipinski definition) is 5. The Kier molecular flexibility index (Phi) is 8.87. The molecule has 1 aromatic rings. The average molecular weight is 366 g/mol. The third kappa shape index (κ3) is 7.49. The number of hydrogen-bond donors (Lipinski definition) is 4. The van der Waals surface area contributed by atoms with Gasteiger partial charge in [0.1, 0.15) is 5.75 Å². The number of phenolic OH excluding ortho intramolecular Hbond substituents is 1. The molecule has 25 heavy (non-hydrogen) atoms. The summed E-state index contributed by atoms with van der Waals surface area (Å²) < 4.78 is 5.02. The smallest absolute Gasteiger partial charge is 0.224 e. The van der Waals surface area contributed by atoms with Crippen LogP contribution in [0, 0.1) is 0 Å². The summed E-state index contributed by atoms with van der Waals surface area (Å²) in [6.07, 6.45) is 1.22. The number of nitrogens with one attached hydrogen (secondary N) is 3. The van der Waals surface area contributed by atoms with Crippen molar-refractivity contribution < 1.29 is 14.6 Å². The lowest BCUT2D eigenvalue weighted by Gasteiger charge is -2.14. The van der Waals surface area contributed by atoms with E-state index < -0.39 is 0 Å². The van der Waals surface area contributed by atoms with Gasteiger partial charge in [-0.3, -0.25) is 10.2 Å². The number of carbonyl (C=O) groups excluding carboxylic acids is 1. The molecule has 0 aliphatic carbocycles. The number of amides is 1. The fraction of sp³-hybridized carbons (Fsp3) is 0.471. The van der Waals surface area contributed by atoms with Gasteiger partial charge in [0.05, 0.1) is 12.3 Å². The van der Waals surface area contributed by atoms with E-state index in [9.17, 15) is 9.90 Å². The summed E-state index contributed by atoms with van der Waals surface area (Å²) in [5.41, 5.74) is 4.38. The molecule has 0 unspecified atom stereocenters. The summed E-state index contributed by atoms with van der Waals surface area (Å²) >= 11 is 5.15. The fourth-order valence-electron chi connectivity index (χ4n) is 2.10. The molecule has 0 heterocycles. The number of anilines is 1. The largest absolute Gasteiger partial charge is 0.507 e. The highest BCUT2D eigenvalue weighted by Crippen LogP contribution is 2.22. The van der Waals surface area contributed by atoms with Crippen LogP contribution >= 0.6 is 12.2 Å². The Hall–Kier alpha value is -2.19. The lowest BCUT2D eigenvalue weighted by Crippen LogP contribution is -2.40. The van der Waals surface area contributed by atoms with Crippen molar-refractivity contribution >= 4 is 34.6 Å². The molecule has 0 saturated heterocycles. The van der Waals surface area contributed by atoms with Gasteiger partial charge in [-0.05, 0) is 50.7 Å². The minimum Gasteiger partial charge on any atom is -0.507 e. The summed E-state index contributed by atoms with van der Waals surface area (Å²) in [5.74, 6) is 0.00698. The van der Waals surface area contributed by atoms with Crippen LogP contribution in [0.3, 0.4) is 0 Å². The van der Waals surface area contributed by atoms with Crippen molar-refractivity contribution in [3.8, 4) is 5.75 Å². The lowest BCUT2D eigenvalue weighted by atomic mass is 10.1. The molecule has 7 nitrogen and oxygen atoms in total. The third-order valence-electron chi connectivity index (χ3n) is 3.27. The maximum Gasteiger partial charge on any atom is 0.224 e. The Morgan fingerprint density at radius 1 is 1.44 bits per heavy atom. The molecule has 0 aliphatic heterocycles. The molecular formula is C17H26N4O3S. The van der Waals surface area contributed by atoms with Gasteiger partial charge in [0, 0.05) is 30.8 Å². The highest BCUT2D eigenvalue weighted by atomic mass is 32.1. The van der Waals surface area contributed by atoms with Gasteiger partial charge in [-0.15, -0.1) is 0 Å². The quantitative estimate of drug-likeness (QED) is 0.244. The summed E-state index contributed by atoms with van der Waals surface area (Å²) in [6, 6.07) is 4.89. The Morgan fingerprint density at radius 2 is 2.16 bits per heavy atom. The zero-order valence-corrected chi connectivity index (χ0v) is 15.9. The second-order valence-electron chi connectivity index (χ2n) is 5.67. The second-order valence-corrected chi connectivity index (χ2v) is 6.08. The minimum atomic E-state index is -0.0654. The van der Waals surface area contributed by atoms with Gasteiger partial charge in [0.2, 0.25) is 5.91 Å². The number of carbonyl (C=O) groups is 1. The van der Waals surface area contributed by atoms with E-state index in [-0.39, 0.29) is 17.7 Å². The van der Waals surface area contributed by atoms with Crippen LogP contribution in [0.15, 0.2) is 23.3 Å². The standard InChI is InChI=1S/C17H26N4O3S/c1-5-6-16(23)19-13-7-8-15(22)14(9-13)12(3)20-21-17(25)18-11(2)10-24-4/h7-9,11,22H,5-6,10H2,1-4H3,(H,19,23)(H2,18,21,25)/b20-12+/t11-/m1/s1. The molecule has 0 fully saturated rings. The van der Waals surface area contributed by atoms with E-state index in [1.807, 2.05) is 13.8 Å². The van der Waals surface area contributed by atoms with Gasteiger partial charge < -0.3 is 20.5 Å². The molecule has 0 aromatic heterocycles. The highest BCUT2D eigenvalue weighted by Gasteiger charge is 2.09. The fourth-order valence-corrected chi connectivity index (χ4v) is 2.34. The lowest BCUT2D eigenvalue weighted by molar-refractivity contribution is -0.116. The van der Waals surface area contributed by atoms with Crippen LogP contribution in [-0.2, 0) is 9.53 Å². The van der Waals surface area contributed by atoms with E-state index in [2.05, 4.69) is 21.2 Å². The maximum atomic E-state index is 11.7. The molecule has 1 rings (SSSR count). The number of hydrazone groups is 1. The molecule has 138 valence electrons. The summed E-state index contributed by atoms with van der Waals surface area (Å²) in [6.45, 7) is 6.13. The minimum absolute atomic E-state index is 0.0472. The number of nitrogens with zero attached hydrogens (tertiary/aromatic N) is 1. The zero-order valence-electron chi connectivity index (χ0n) is 15.0. The predicted octanol–water partition coefficient (Wildman–Crippen LogP) is 2.35. The Balaban J connectivity index is 2.77. The number of benzene rings is 1. The zero-order chi connectivity index (χ0) is 18.8. The topological polar surface area (TPSA) is 95.0 Å². The Bertz CT molecular complexity index is 634. The number of rotatable bonds is 8. The summed E-state index contributed by atoms with van der Waals surface area (Å²) in [7, 11) is 1.62. The van der Waals surface area contributed by atoms with Crippen molar-refractivity contribution in [2.75, 3.05) is 19.0 Å². The predicted molar refractivity (Wildman–Crippen MR) is 104 cm³/mol. The first-order valence-corrected chi connectivity index (χ1v) is 8.51. The van der Waals surface area contributed by atoms with Crippen LogP contribution in [0.25, 0.3) is 0 Å². The van der Waals surface area contributed by atoms with Crippen molar-refractivity contribution in [3.05, 3.63) is 23.8 Å². The van der Waals surface area contributed by atoms with Gasteiger partial charge in [0.25, 0.3) is 0 Å². The monoisotopic (exact) mass is 366 g/mol. The van der Waals surface area contributed by atoms with Crippen molar-refractivity contribution in [2.45, 2.75) is 39.7 Å². The molecule has 0 radical (unpaired) electrons. The van der Waals surface area contributed by atoms with Gasteiger partial charge in [-0.1, -0.05) is 6.92 Å². The summed E-state index contributed by atoms with van der Waals surface area (Å²) in [5, 5.41) is 20.4. The van der Waals surface area contributed by atoms with Gasteiger partial charge in [0.15, 0.2) is 5.11 Å². The SMILES string of the molecule is CCCC(=O)Nc1ccc(O)c(/C(C)=N/NC(=S)N[C@H](C)COC)c1. The molecule has 1 amide bonds. The number of phenols is 1. The van der Waals surface area contributed by atoms with Crippen molar-refractivity contribution in [1.29, 1.82) is 0 Å². The van der Waals surface area contributed by atoms with Crippen molar-refractivity contribution in [1.82, 2.24) is 10.7 Å². The van der Waals surface area contributed by atoms with Crippen molar-refractivity contribution in [2.24, 2.45) is 5.10 Å².